The van der Waals surface area contributed by atoms with E-state index in [1.165, 1.54) is 12.1 Å². The van der Waals surface area contributed by atoms with Gasteiger partial charge >= 0.3 is 12.1 Å². The number of hydrogen-bond donors (Lipinski definition) is 2. The Balaban J connectivity index is 1.02. The zero-order valence-corrected chi connectivity index (χ0v) is 32.0. The van der Waals surface area contributed by atoms with Crippen molar-refractivity contribution in [3.8, 4) is 11.1 Å². The number of aliphatic hydroxyl groups is 1. The molecule has 3 heterocycles. The van der Waals surface area contributed by atoms with E-state index >= 15 is 0 Å². The predicted molar refractivity (Wildman–Crippen MR) is 209 cm³/mol. The third-order valence-corrected chi connectivity index (χ3v) is 11.3. The number of carbonyl (C=O) groups excluding carboxylic acids is 2. The summed E-state index contributed by atoms with van der Waals surface area (Å²) in [7, 11) is 0. The van der Waals surface area contributed by atoms with Gasteiger partial charge in [0.15, 0.2) is 6.29 Å². The number of nitrogens with zero attached hydrogens (tertiary/aromatic N) is 4. The highest BCUT2D eigenvalue weighted by molar-refractivity contribution is 5.90. The molecule has 3 aliphatic heterocycles. The number of non-ortho nitro benzene ring substituents is 1. The second-order valence-corrected chi connectivity index (χ2v) is 15.1. The van der Waals surface area contributed by atoms with E-state index in [1.54, 1.807) is 12.1 Å². The second-order valence-electron chi connectivity index (χ2n) is 15.1. The quantitative estimate of drug-likeness (QED) is 0.128. The van der Waals surface area contributed by atoms with Gasteiger partial charge in [0.25, 0.3) is 5.69 Å². The van der Waals surface area contributed by atoms with Crippen molar-refractivity contribution in [2.24, 2.45) is 5.92 Å². The van der Waals surface area contributed by atoms with Gasteiger partial charge in [-0.1, -0.05) is 73.7 Å². The molecule has 7 rings (SSSR count). The van der Waals surface area contributed by atoms with E-state index in [-0.39, 0.29) is 49.9 Å². The molecule has 12 nitrogen and oxygen atoms in total. The monoisotopic (exact) mass is 801 g/mol. The summed E-state index contributed by atoms with van der Waals surface area (Å²) in [4.78, 5) is 40.6. The van der Waals surface area contributed by atoms with E-state index in [0.29, 0.717) is 17.9 Å². The first kappa shape index (κ1) is 40.8. The van der Waals surface area contributed by atoms with Crippen molar-refractivity contribution >= 4 is 23.2 Å². The van der Waals surface area contributed by atoms with Crippen LogP contribution in [0.5, 0.6) is 0 Å². The Kier molecular flexibility index (Phi) is 12.4. The Morgan fingerprint density at radius 2 is 1.55 bits per heavy atom. The summed E-state index contributed by atoms with van der Waals surface area (Å²) in [5.41, 5.74) is 6.17. The number of likely N-dealkylation sites (tertiary alicyclic amines) is 1. The summed E-state index contributed by atoms with van der Waals surface area (Å²) in [5.74, 6) is -2.61. The molecule has 4 aromatic rings. The molecule has 15 heteroatoms. The van der Waals surface area contributed by atoms with Crippen molar-refractivity contribution in [1.29, 1.82) is 0 Å². The highest BCUT2D eigenvalue weighted by Crippen LogP contribution is 2.42. The van der Waals surface area contributed by atoms with Gasteiger partial charge < -0.3 is 29.7 Å². The molecule has 58 heavy (non-hydrogen) atoms. The summed E-state index contributed by atoms with van der Waals surface area (Å²) >= 11 is 0. The van der Waals surface area contributed by atoms with E-state index in [2.05, 4.69) is 22.0 Å². The van der Waals surface area contributed by atoms with E-state index < -0.39 is 35.2 Å². The average molecular weight is 802 g/mol. The molecule has 0 spiro atoms. The first-order valence-corrected chi connectivity index (χ1v) is 19.4. The third-order valence-electron chi connectivity index (χ3n) is 11.3. The largest absolute Gasteiger partial charge is 0.471 e. The molecule has 3 saturated heterocycles. The number of piperazine rings is 1. The van der Waals surface area contributed by atoms with Gasteiger partial charge in [-0.3, -0.25) is 24.6 Å². The lowest BCUT2D eigenvalue weighted by molar-refractivity contribution is -0.384. The zero-order valence-electron chi connectivity index (χ0n) is 32.0. The normalized spacial score (nSPS) is 22.8. The molecular weight excluding hydrogens is 755 g/mol. The molecular formula is C43H46F3N5O7. The number of amides is 2. The van der Waals surface area contributed by atoms with Gasteiger partial charge in [-0.25, -0.2) is 0 Å². The first-order chi connectivity index (χ1) is 27.9. The van der Waals surface area contributed by atoms with E-state index in [1.807, 2.05) is 72.8 Å². The summed E-state index contributed by atoms with van der Waals surface area (Å²) < 4.78 is 52.6. The van der Waals surface area contributed by atoms with Crippen LogP contribution in [0.25, 0.3) is 11.1 Å². The van der Waals surface area contributed by atoms with E-state index in [9.17, 15) is 38.0 Å². The van der Waals surface area contributed by atoms with Crippen LogP contribution in [-0.2, 0) is 32.2 Å². The van der Waals surface area contributed by atoms with Crippen LogP contribution < -0.4 is 10.2 Å². The van der Waals surface area contributed by atoms with Gasteiger partial charge in [0.1, 0.15) is 6.04 Å². The van der Waals surface area contributed by atoms with Crippen LogP contribution in [0.2, 0.25) is 0 Å². The molecule has 0 radical (unpaired) electrons. The SMILES string of the molecule is CC1C(CN2CCN(c3ccc([N+](=O)[O-])cc3)CC2)OC(c2ccc(-c3cccc(CNC(=O)C4CCCN4C(=O)C(F)(F)F)c3)cc2)OC1c1ccc(CO)cc1. The fraction of sp³-hybridized carbons (Fsp3) is 0.395. The van der Waals surface area contributed by atoms with Crippen LogP contribution in [-0.4, -0.2) is 89.2 Å². The minimum atomic E-state index is -5.03. The molecule has 0 aliphatic carbocycles. The van der Waals surface area contributed by atoms with E-state index in [4.69, 9.17) is 9.47 Å². The van der Waals surface area contributed by atoms with Crippen LogP contribution in [0.15, 0.2) is 97.1 Å². The van der Waals surface area contributed by atoms with Crippen LogP contribution in [0, 0.1) is 16.0 Å². The molecule has 2 amide bonds. The highest BCUT2D eigenvalue weighted by atomic mass is 19.4. The molecule has 2 N–H and O–H groups in total. The molecule has 5 atom stereocenters. The van der Waals surface area contributed by atoms with Crippen molar-refractivity contribution in [3.63, 3.8) is 0 Å². The van der Waals surface area contributed by atoms with Crippen molar-refractivity contribution in [1.82, 2.24) is 15.1 Å². The minimum Gasteiger partial charge on any atom is -0.392 e. The third kappa shape index (κ3) is 9.34. The number of aliphatic hydroxyl groups excluding tert-OH is 1. The number of rotatable bonds is 11. The number of anilines is 1. The van der Waals surface area contributed by atoms with Gasteiger partial charge in [-0.2, -0.15) is 13.2 Å². The van der Waals surface area contributed by atoms with Crippen molar-refractivity contribution in [2.45, 2.75) is 63.6 Å². The molecule has 3 aliphatic rings. The number of nitro benzene ring substituents is 1. The average Bonchev–Trinajstić information content (AvgIpc) is 3.74. The van der Waals surface area contributed by atoms with Gasteiger partial charge in [-0.05, 0) is 58.9 Å². The van der Waals surface area contributed by atoms with Gasteiger partial charge in [-0.15, -0.1) is 0 Å². The molecule has 0 saturated carbocycles. The van der Waals surface area contributed by atoms with Gasteiger partial charge in [0.2, 0.25) is 5.91 Å². The summed E-state index contributed by atoms with van der Waals surface area (Å²) in [5, 5.41) is 23.5. The van der Waals surface area contributed by atoms with Crippen LogP contribution >= 0.6 is 0 Å². The number of ether oxygens (including phenoxy) is 2. The van der Waals surface area contributed by atoms with Crippen LogP contribution in [0.3, 0.4) is 0 Å². The van der Waals surface area contributed by atoms with Crippen molar-refractivity contribution in [2.75, 3.05) is 44.2 Å². The summed E-state index contributed by atoms with van der Waals surface area (Å²) in [6.45, 7) is 5.84. The lowest BCUT2D eigenvalue weighted by atomic mass is 9.89. The Hall–Kier alpha value is -5.35. The smallest absolute Gasteiger partial charge is 0.392 e. The maximum atomic E-state index is 13.1. The Bertz CT molecular complexity index is 2060. The topological polar surface area (TPSA) is 138 Å². The number of halogens is 3. The maximum Gasteiger partial charge on any atom is 0.471 e. The van der Waals surface area contributed by atoms with E-state index in [0.717, 1.165) is 65.2 Å². The molecule has 0 aromatic heterocycles. The summed E-state index contributed by atoms with van der Waals surface area (Å²) in [6, 6.07) is 28.6. The lowest BCUT2D eigenvalue weighted by Crippen LogP contribution is -2.51. The molecule has 5 unspecified atom stereocenters. The van der Waals surface area contributed by atoms with Crippen molar-refractivity contribution in [3.05, 3.63) is 129 Å². The number of nitrogens with one attached hydrogen (secondary N) is 1. The van der Waals surface area contributed by atoms with Gasteiger partial charge in [0.05, 0.1) is 23.7 Å². The predicted octanol–water partition coefficient (Wildman–Crippen LogP) is 6.54. The lowest BCUT2D eigenvalue weighted by Gasteiger charge is -2.44. The Morgan fingerprint density at radius 1 is 0.862 bits per heavy atom. The fourth-order valence-corrected chi connectivity index (χ4v) is 8.00. The molecule has 0 bridgehead atoms. The number of alkyl halides is 3. The number of benzene rings is 4. The number of hydrogen-bond acceptors (Lipinski definition) is 9. The van der Waals surface area contributed by atoms with Gasteiger partial charge in [0, 0.05) is 75.1 Å². The minimum absolute atomic E-state index is 0.00620. The first-order valence-electron chi connectivity index (χ1n) is 19.4. The summed E-state index contributed by atoms with van der Waals surface area (Å²) in [6.07, 6.45) is -5.66. The Labute approximate surface area is 334 Å². The standard InChI is InChI=1S/C43H46F3N5O7/c1-28-38(26-48-20-22-49(23-21-48)35-15-17-36(18-16-35)51(55)56)57-41(58-39(28)32-9-7-29(27-52)8-10-32)33-13-11-31(12-14-33)34-5-2-4-30(24-34)25-47-40(53)37-6-3-19-50(37)42(54)43(44,45)46/h2,4-5,7-18,24,28,37-39,41,52H,3,6,19-23,25-27H2,1H3,(H,47,53). The second kappa shape index (κ2) is 17.6. The van der Waals surface area contributed by atoms with Crippen molar-refractivity contribution < 1.29 is 42.3 Å². The maximum absolute atomic E-state index is 13.1. The molecule has 4 aromatic carbocycles. The van der Waals surface area contributed by atoms with Crippen LogP contribution in [0.1, 0.15) is 54.4 Å². The highest BCUT2D eigenvalue weighted by Gasteiger charge is 2.47. The number of carbonyl (C=O) groups is 2. The zero-order chi connectivity index (χ0) is 41.0. The fourth-order valence-electron chi connectivity index (χ4n) is 8.00. The number of nitro groups is 1. The van der Waals surface area contributed by atoms with Crippen LogP contribution in [0.4, 0.5) is 24.5 Å². The Morgan fingerprint density at radius 3 is 2.21 bits per heavy atom. The molecule has 3 fully saturated rings. The molecule has 306 valence electrons.